The Morgan fingerprint density at radius 3 is 2.59 bits per heavy atom. The molecule has 0 aliphatic carbocycles. The molecular formula is C26H34ClN3O7. The van der Waals surface area contributed by atoms with Gasteiger partial charge in [-0.1, -0.05) is 12.8 Å². The zero-order valence-corrected chi connectivity index (χ0v) is 21.8. The van der Waals surface area contributed by atoms with Crippen molar-refractivity contribution in [2.24, 2.45) is 0 Å². The molecule has 0 atom stereocenters. The summed E-state index contributed by atoms with van der Waals surface area (Å²) in [6.07, 6.45) is 4.98. The largest absolute Gasteiger partial charge is 0.477 e. The number of hydrogen-bond acceptors (Lipinski definition) is 8. The van der Waals surface area contributed by atoms with Crippen LogP contribution in [0.3, 0.4) is 0 Å². The summed E-state index contributed by atoms with van der Waals surface area (Å²) in [6, 6.07) is 8.78. The molecule has 0 saturated carbocycles. The van der Waals surface area contributed by atoms with Gasteiger partial charge in [-0.05, 0) is 31.0 Å². The number of nitrogens with zero attached hydrogens (tertiary/aromatic N) is 2. The van der Waals surface area contributed by atoms with Crippen molar-refractivity contribution in [1.29, 1.82) is 5.26 Å². The molecule has 2 rings (SSSR count). The van der Waals surface area contributed by atoms with E-state index in [1.807, 2.05) is 24.1 Å². The van der Waals surface area contributed by atoms with Gasteiger partial charge in [-0.15, -0.1) is 11.6 Å². The quantitative estimate of drug-likeness (QED) is 0.123. The van der Waals surface area contributed by atoms with E-state index < -0.39 is 17.6 Å². The number of halogens is 1. The molecule has 1 heterocycles. The minimum absolute atomic E-state index is 0.177. The van der Waals surface area contributed by atoms with Crippen molar-refractivity contribution in [1.82, 2.24) is 5.32 Å². The number of ether oxygens (including phenoxy) is 3. The number of anilines is 1. The van der Waals surface area contributed by atoms with Crippen molar-refractivity contribution < 1.29 is 33.3 Å². The van der Waals surface area contributed by atoms with Crippen LogP contribution in [0.2, 0.25) is 0 Å². The van der Waals surface area contributed by atoms with Crippen molar-refractivity contribution >= 4 is 46.4 Å². The molecule has 0 aliphatic heterocycles. The molecule has 1 aromatic heterocycles. The van der Waals surface area contributed by atoms with Crippen LogP contribution in [0.1, 0.15) is 31.4 Å². The number of hydrogen-bond donors (Lipinski definition) is 2. The van der Waals surface area contributed by atoms with Crippen molar-refractivity contribution in [2.75, 3.05) is 64.0 Å². The molecule has 2 N–H and O–H groups in total. The van der Waals surface area contributed by atoms with Gasteiger partial charge in [0.2, 0.25) is 0 Å². The number of nitriles is 1. The third-order valence-corrected chi connectivity index (χ3v) is 5.59. The van der Waals surface area contributed by atoms with E-state index in [2.05, 4.69) is 5.32 Å². The fourth-order valence-electron chi connectivity index (χ4n) is 3.29. The number of carbonyl (C=O) groups excluding carboxylic acids is 1. The Kier molecular flexibility index (Phi) is 14.0. The fourth-order valence-corrected chi connectivity index (χ4v) is 3.48. The first-order valence-corrected chi connectivity index (χ1v) is 12.7. The minimum Gasteiger partial charge on any atom is -0.477 e. The summed E-state index contributed by atoms with van der Waals surface area (Å²) in [5.41, 5.74) is 0.961. The second-order valence-corrected chi connectivity index (χ2v) is 8.54. The predicted molar refractivity (Wildman–Crippen MR) is 141 cm³/mol. The molecule has 37 heavy (non-hydrogen) atoms. The summed E-state index contributed by atoms with van der Waals surface area (Å²) in [5.74, 6) is -0.327. The van der Waals surface area contributed by atoms with Gasteiger partial charge in [-0.2, -0.15) is 5.26 Å². The van der Waals surface area contributed by atoms with Crippen LogP contribution in [0.5, 0.6) is 0 Å². The molecule has 10 nitrogen and oxygen atoms in total. The summed E-state index contributed by atoms with van der Waals surface area (Å²) in [5, 5.41) is 21.3. The van der Waals surface area contributed by atoms with Gasteiger partial charge in [0.1, 0.15) is 29.6 Å². The van der Waals surface area contributed by atoms with E-state index in [4.69, 9.17) is 40.6 Å². The molecular weight excluding hydrogens is 502 g/mol. The van der Waals surface area contributed by atoms with Gasteiger partial charge in [-0.25, -0.2) is 9.59 Å². The van der Waals surface area contributed by atoms with Crippen LogP contribution in [-0.4, -0.2) is 76.2 Å². The summed E-state index contributed by atoms with van der Waals surface area (Å²) in [7, 11) is 1.85. The van der Waals surface area contributed by atoms with Crippen LogP contribution in [0.15, 0.2) is 34.3 Å². The monoisotopic (exact) mass is 535 g/mol. The lowest BCUT2D eigenvalue weighted by Crippen LogP contribution is -2.31. The Bertz CT molecular complexity index is 1060. The maximum absolute atomic E-state index is 11.9. The lowest BCUT2D eigenvalue weighted by molar-refractivity contribution is -0.132. The van der Waals surface area contributed by atoms with Crippen molar-refractivity contribution in [3.05, 3.63) is 35.6 Å². The van der Waals surface area contributed by atoms with E-state index in [9.17, 15) is 9.59 Å². The van der Waals surface area contributed by atoms with Crippen LogP contribution >= 0.6 is 11.6 Å². The fraction of sp³-hybridized carbons (Fsp3) is 0.500. The molecule has 11 heteroatoms. The summed E-state index contributed by atoms with van der Waals surface area (Å²) < 4.78 is 21.8. The maximum atomic E-state index is 11.9. The second-order valence-electron chi connectivity index (χ2n) is 8.16. The van der Waals surface area contributed by atoms with Crippen LogP contribution in [0.4, 0.5) is 10.5 Å². The number of amides is 1. The number of carboxylic acids is 1. The normalized spacial score (nSPS) is 11.3. The van der Waals surface area contributed by atoms with E-state index >= 15 is 0 Å². The smallest absolute Gasteiger partial charge is 0.407 e. The first kappa shape index (κ1) is 30.0. The molecule has 0 radical (unpaired) electrons. The number of fused-ring (bicyclic) bond motifs is 1. The zero-order valence-electron chi connectivity index (χ0n) is 21.0. The topological polar surface area (TPSA) is 134 Å². The number of furan rings is 1. The Morgan fingerprint density at radius 1 is 1.11 bits per heavy atom. The second kappa shape index (κ2) is 17.2. The van der Waals surface area contributed by atoms with Crippen molar-refractivity contribution in [3.8, 4) is 6.07 Å². The Labute approximate surface area is 221 Å². The van der Waals surface area contributed by atoms with Crippen molar-refractivity contribution in [2.45, 2.75) is 25.7 Å². The van der Waals surface area contributed by atoms with E-state index in [0.717, 1.165) is 36.8 Å². The number of nitrogens with one attached hydrogen (secondary N) is 1. The molecule has 1 aromatic carbocycles. The highest BCUT2D eigenvalue weighted by atomic mass is 35.5. The third kappa shape index (κ3) is 11.6. The van der Waals surface area contributed by atoms with E-state index in [-0.39, 0.29) is 12.4 Å². The number of aliphatic carboxylic acids is 1. The highest BCUT2D eigenvalue weighted by Crippen LogP contribution is 2.26. The lowest BCUT2D eigenvalue weighted by atomic mass is 10.2. The Morgan fingerprint density at radius 2 is 1.86 bits per heavy atom. The number of carboxylic acid groups (broad SMARTS) is 1. The number of alkyl carbamates (subject to hydrolysis) is 1. The number of likely N-dealkylation sites (N-methyl/N-ethyl adjacent to an activating group) is 1. The van der Waals surface area contributed by atoms with Crippen LogP contribution in [0.25, 0.3) is 17.0 Å². The molecule has 0 unspecified atom stereocenters. The number of unbranched alkanes of at least 4 members (excludes halogenated alkanes) is 3. The van der Waals surface area contributed by atoms with Gasteiger partial charge in [0.05, 0.1) is 26.4 Å². The highest BCUT2D eigenvalue weighted by molar-refractivity contribution is 6.17. The van der Waals surface area contributed by atoms with Gasteiger partial charge < -0.3 is 34.0 Å². The minimum atomic E-state index is -1.31. The van der Waals surface area contributed by atoms with Gasteiger partial charge in [-0.3, -0.25) is 0 Å². The summed E-state index contributed by atoms with van der Waals surface area (Å²) in [4.78, 5) is 24.8. The molecule has 1 amide bonds. The third-order valence-electron chi connectivity index (χ3n) is 5.32. The van der Waals surface area contributed by atoms with E-state index in [1.54, 1.807) is 18.2 Å². The van der Waals surface area contributed by atoms with Crippen LogP contribution in [0, 0.1) is 11.3 Å². The lowest BCUT2D eigenvalue weighted by Gasteiger charge is -2.19. The number of alkyl halides is 1. The molecule has 0 saturated heterocycles. The van der Waals surface area contributed by atoms with Gasteiger partial charge in [0, 0.05) is 49.3 Å². The molecule has 0 aliphatic rings. The van der Waals surface area contributed by atoms with Crippen molar-refractivity contribution in [3.63, 3.8) is 0 Å². The average Bonchev–Trinajstić information content (AvgIpc) is 3.29. The number of carbonyl (C=O) groups is 2. The standard InChI is InChI=1S/C26H34ClN3O7/c1-30(22-7-6-20-16-23(37-24(20)18-22)17-21(19-28)25(31)32)10-13-36-26(33)29-9-12-35-15-14-34-11-5-3-2-4-8-27/h6-7,16-18H,2-5,8-15H2,1H3,(H,29,33)(H,31,32)/b21-17+. The molecule has 2 aromatic rings. The Hall–Kier alpha value is -3.26. The summed E-state index contributed by atoms with van der Waals surface area (Å²) >= 11 is 5.64. The molecule has 0 fully saturated rings. The SMILES string of the molecule is CN(CCOC(=O)NCCOCCOCCCCCCCl)c1ccc2cc(/C=C(\C#N)C(=O)O)oc2c1. The van der Waals surface area contributed by atoms with Gasteiger partial charge in [0.15, 0.2) is 0 Å². The van der Waals surface area contributed by atoms with E-state index in [0.29, 0.717) is 51.0 Å². The number of rotatable bonds is 18. The highest BCUT2D eigenvalue weighted by Gasteiger charge is 2.11. The average molecular weight is 536 g/mol. The summed E-state index contributed by atoms with van der Waals surface area (Å²) in [6.45, 7) is 3.05. The first-order chi connectivity index (χ1) is 17.9. The maximum Gasteiger partial charge on any atom is 0.407 e. The number of benzene rings is 1. The van der Waals surface area contributed by atoms with E-state index in [1.165, 1.54) is 6.08 Å². The molecule has 0 bridgehead atoms. The van der Waals surface area contributed by atoms with Crippen LogP contribution < -0.4 is 10.2 Å². The zero-order chi connectivity index (χ0) is 26.9. The molecule has 202 valence electrons. The van der Waals surface area contributed by atoms with Gasteiger partial charge in [0.25, 0.3) is 0 Å². The predicted octanol–water partition coefficient (Wildman–Crippen LogP) is 4.42. The van der Waals surface area contributed by atoms with Crippen LogP contribution in [-0.2, 0) is 19.0 Å². The van der Waals surface area contributed by atoms with Gasteiger partial charge >= 0.3 is 12.1 Å². The Balaban J connectivity index is 1.60. The molecule has 0 spiro atoms. The first-order valence-electron chi connectivity index (χ1n) is 12.2.